The molecule has 3 saturated heterocycles. The number of nitrogens with zero attached hydrogens (tertiary/aromatic N) is 1. The first-order valence-corrected chi connectivity index (χ1v) is 10.4. The molecule has 0 spiro atoms. The van der Waals surface area contributed by atoms with Gasteiger partial charge in [0, 0.05) is 31.1 Å². The zero-order valence-electron chi connectivity index (χ0n) is 17.2. The molecule has 6 heteroatoms. The molecule has 0 saturated carbocycles. The van der Waals surface area contributed by atoms with E-state index in [-0.39, 0.29) is 23.8 Å². The number of nitrogens with one attached hydrogen (secondary N) is 2. The molecule has 3 aliphatic heterocycles. The number of ether oxygens (including phenoxy) is 1. The Morgan fingerprint density at radius 2 is 1.74 bits per heavy atom. The summed E-state index contributed by atoms with van der Waals surface area (Å²) in [6.45, 7) is 1.19. The molecule has 0 aliphatic carbocycles. The third kappa shape index (κ3) is 3.75. The summed E-state index contributed by atoms with van der Waals surface area (Å²) in [5.74, 6) is 0.787. The zero-order chi connectivity index (χ0) is 21.4. The minimum Gasteiger partial charge on any atom is -0.497 e. The number of carbonyl (C=O) groups is 1. The van der Waals surface area contributed by atoms with E-state index in [1.807, 2.05) is 18.2 Å². The number of piperidine rings is 1. The number of hydrogen-bond acceptors (Lipinski definition) is 3. The Bertz CT molecular complexity index is 1090. The van der Waals surface area contributed by atoms with Crippen LogP contribution in [-0.2, 0) is 0 Å². The lowest BCUT2D eigenvalue weighted by molar-refractivity contribution is 0.0759. The minimum absolute atomic E-state index is 0.202. The maximum Gasteiger partial charge on any atom is 0.322 e. The summed E-state index contributed by atoms with van der Waals surface area (Å²) >= 11 is 0. The Balaban J connectivity index is 1.25. The van der Waals surface area contributed by atoms with Crippen LogP contribution in [0.5, 0.6) is 5.75 Å². The number of piperazine rings is 1. The molecule has 3 atom stereocenters. The first-order chi connectivity index (χ1) is 15.1. The van der Waals surface area contributed by atoms with Crippen molar-refractivity contribution in [1.82, 2.24) is 10.2 Å². The van der Waals surface area contributed by atoms with Gasteiger partial charge in [-0.3, -0.25) is 0 Å². The molecular weight excluding hydrogens is 393 g/mol. The molecule has 3 aromatic carbocycles. The van der Waals surface area contributed by atoms with Crippen LogP contribution in [0.2, 0.25) is 0 Å². The molecule has 3 aliphatic rings. The van der Waals surface area contributed by atoms with Gasteiger partial charge in [-0.1, -0.05) is 48.5 Å². The van der Waals surface area contributed by atoms with Crippen molar-refractivity contribution in [2.24, 2.45) is 0 Å². The molecular formula is C25H24FN3O2. The number of urea groups is 1. The number of rotatable bonds is 4. The van der Waals surface area contributed by atoms with Gasteiger partial charge in [0.25, 0.3) is 0 Å². The van der Waals surface area contributed by atoms with Crippen LogP contribution in [0.3, 0.4) is 0 Å². The number of carbonyl (C=O) groups excluding carboxylic acids is 1. The van der Waals surface area contributed by atoms with Crippen LogP contribution < -0.4 is 15.4 Å². The fourth-order valence-electron chi connectivity index (χ4n) is 4.61. The van der Waals surface area contributed by atoms with Crippen molar-refractivity contribution < 1.29 is 13.9 Å². The molecule has 3 fully saturated rings. The van der Waals surface area contributed by atoms with Crippen molar-refractivity contribution >= 4 is 11.7 Å². The molecule has 3 heterocycles. The molecule has 2 amide bonds. The van der Waals surface area contributed by atoms with Gasteiger partial charge < -0.3 is 20.3 Å². The Hall–Kier alpha value is -3.38. The van der Waals surface area contributed by atoms with E-state index in [0.29, 0.717) is 19.0 Å². The number of benzene rings is 3. The van der Waals surface area contributed by atoms with Crippen molar-refractivity contribution in [2.45, 2.75) is 18.0 Å². The van der Waals surface area contributed by atoms with Gasteiger partial charge in [0.15, 0.2) is 0 Å². The average molecular weight is 417 g/mol. The standard InChI is InChI=1S/C25H24FN3O2/c1-31-19-6-4-5-18(13-19)16-9-11-17(12-10-16)24-22-14-29(15-23(24)27-22)25(30)28-21-8-3-2-7-20(21)26/h2-13,22-24,27H,14-15H2,1H3,(H,28,30)/t22-,23+,24?. The lowest BCUT2D eigenvalue weighted by Crippen LogP contribution is -2.72. The predicted molar refractivity (Wildman–Crippen MR) is 119 cm³/mol. The second-order valence-corrected chi connectivity index (χ2v) is 8.07. The van der Waals surface area contributed by atoms with Crippen LogP contribution in [0, 0.1) is 5.82 Å². The van der Waals surface area contributed by atoms with Crippen LogP contribution in [0.25, 0.3) is 11.1 Å². The summed E-state index contributed by atoms with van der Waals surface area (Å²) in [4.78, 5) is 14.4. The maximum absolute atomic E-state index is 13.8. The quantitative estimate of drug-likeness (QED) is 0.659. The molecule has 0 aromatic heterocycles. The van der Waals surface area contributed by atoms with Crippen molar-refractivity contribution in [1.29, 1.82) is 0 Å². The second-order valence-electron chi connectivity index (χ2n) is 8.07. The Labute approximate surface area is 180 Å². The van der Waals surface area contributed by atoms with Gasteiger partial charge in [-0.2, -0.15) is 0 Å². The van der Waals surface area contributed by atoms with Crippen molar-refractivity contribution in [3.63, 3.8) is 0 Å². The largest absolute Gasteiger partial charge is 0.497 e. The molecule has 5 nitrogen and oxygen atoms in total. The van der Waals surface area contributed by atoms with E-state index in [2.05, 4.69) is 41.0 Å². The highest BCUT2D eigenvalue weighted by Crippen LogP contribution is 2.38. The van der Waals surface area contributed by atoms with E-state index >= 15 is 0 Å². The van der Waals surface area contributed by atoms with Crippen molar-refractivity contribution in [3.05, 3.63) is 84.2 Å². The highest BCUT2D eigenvalue weighted by Gasteiger charge is 2.48. The molecule has 2 N–H and O–H groups in total. The van der Waals surface area contributed by atoms with Crippen LogP contribution in [0.1, 0.15) is 11.5 Å². The third-order valence-corrected chi connectivity index (χ3v) is 6.23. The highest BCUT2D eigenvalue weighted by molar-refractivity contribution is 5.89. The van der Waals surface area contributed by atoms with E-state index in [9.17, 15) is 9.18 Å². The van der Waals surface area contributed by atoms with E-state index in [4.69, 9.17) is 4.74 Å². The van der Waals surface area contributed by atoms with Gasteiger partial charge in [-0.05, 0) is 41.0 Å². The summed E-state index contributed by atoms with van der Waals surface area (Å²) in [7, 11) is 1.67. The van der Waals surface area contributed by atoms with E-state index in [0.717, 1.165) is 16.9 Å². The van der Waals surface area contributed by atoms with E-state index in [1.165, 1.54) is 11.6 Å². The first kappa shape index (κ1) is 19.6. The molecule has 158 valence electrons. The Morgan fingerprint density at radius 1 is 1.00 bits per heavy atom. The predicted octanol–water partition coefficient (Wildman–Crippen LogP) is 4.47. The van der Waals surface area contributed by atoms with Crippen LogP contribution in [0.15, 0.2) is 72.8 Å². The minimum atomic E-state index is -0.426. The zero-order valence-corrected chi connectivity index (χ0v) is 17.2. The van der Waals surface area contributed by atoms with Crippen LogP contribution in [-0.4, -0.2) is 43.2 Å². The van der Waals surface area contributed by atoms with Crippen LogP contribution in [0.4, 0.5) is 14.9 Å². The molecule has 6 rings (SSSR count). The molecule has 31 heavy (non-hydrogen) atoms. The smallest absolute Gasteiger partial charge is 0.322 e. The average Bonchev–Trinajstić information content (AvgIpc) is 2.81. The Kier molecular flexibility index (Phi) is 5.08. The monoisotopic (exact) mass is 417 g/mol. The number of anilines is 1. The van der Waals surface area contributed by atoms with E-state index in [1.54, 1.807) is 30.2 Å². The highest BCUT2D eigenvalue weighted by atomic mass is 19.1. The molecule has 0 radical (unpaired) electrons. The molecule has 1 unspecified atom stereocenters. The lowest BCUT2D eigenvalue weighted by Gasteiger charge is -2.54. The van der Waals surface area contributed by atoms with Gasteiger partial charge in [0.1, 0.15) is 11.6 Å². The fraction of sp³-hybridized carbons (Fsp3) is 0.240. The number of para-hydroxylation sites is 1. The summed E-state index contributed by atoms with van der Waals surface area (Å²) in [5, 5.41) is 6.22. The van der Waals surface area contributed by atoms with Gasteiger partial charge in [0.05, 0.1) is 12.8 Å². The summed E-state index contributed by atoms with van der Waals surface area (Å²) in [5.41, 5.74) is 3.75. The summed E-state index contributed by atoms with van der Waals surface area (Å²) in [6.07, 6.45) is 0. The lowest BCUT2D eigenvalue weighted by atomic mass is 9.74. The summed E-state index contributed by atoms with van der Waals surface area (Å²) in [6, 6.07) is 23.0. The number of halogens is 1. The first-order valence-electron chi connectivity index (χ1n) is 10.4. The number of methoxy groups -OCH3 is 1. The van der Waals surface area contributed by atoms with Gasteiger partial charge in [-0.25, -0.2) is 9.18 Å². The normalized spacial score (nSPS) is 21.9. The second kappa shape index (κ2) is 8.04. The SMILES string of the molecule is COc1cccc(-c2ccc(C3[C@@H]4CN(C(=O)Nc5ccccc5F)C[C@H]3N4)cc2)c1. The fourth-order valence-corrected chi connectivity index (χ4v) is 4.61. The number of fused-ring (bicyclic) bond motifs is 2. The third-order valence-electron chi connectivity index (χ3n) is 6.23. The van der Waals surface area contributed by atoms with Gasteiger partial charge >= 0.3 is 6.03 Å². The number of hydrogen-bond donors (Lipinski definition) is 2. The van der Waals surface area contributed by atoms with Gasteiger partial charge in [-0.15, -0.1) is 0 Å². The van der Waals surface area contributed by atoms with Crippen molar-refractivity contribution in [2.75, 3.05) is 25.5 Å². The van der Waals surface area contributed by atoms with Crippen LogP contribution >= 0.6 is 0 Å². The Morgan fingerprint density at radius 3 is 2.45 bits per heavy atom. The summed E-state index contributed by atoms with van der Waals surface area (Å²) < 4.78 is 19.2. The molecule has 2 bridgehead atoms. The molecule has 3 aromatic rings. The topological polar surface area (TPSA) is 53.6 Å². The van der Waals surface area contributed by atoms with E-state index < -0.39 is 5.82 Å². The maximum atomic E-state index is 13.8. The van der Waals surface area contributed by atoms with Crippen molar-refractivity contribution in [3.8, 4) is 16.9 Å². The number of amides is 2. The van der Waals surface area contributed by atoms with Gasteiger partial charge in [0.2, 0.25) is 0 Å².